The Kier molecular flexibility index (Phi) is 6.53. The van der Waals surface area contributed by atoms with Crippen LogP contribution in [0.3, 0.4) is 0 Å². The number of halogens is 4. The fourth-order valence-electron chi connectivity index (χ4n) is 4.81. The van der Waals surface area contributed by atoms with Crippen LogP contribution in [0.1, 0.15) is 17.4 Å². The van der Waals surface area contributed by atoms with Crippen molar-refractivity contribution in [1.29, 1.82) is 0 Å². The van der Waals surface area contributed by atoms with Crippen molar-refractivity contribution in [2.75, 3.05) is 30.6 Å². The normalized spacial score (nSPS) is 16.6. The summed E-state index contributed by atoms with van der Waals surface area (Å²) in [7, 11) is 1.61. The number of fused-ring (bicyclic) bond motifs is 1. The summed E-state index contributed by atoms with van der Waals surface area (Å²) in [5, 5.41) is 6.15. The van der Waals surface area contributed by atoms with Crippen molar-refractivity contribution in [3.05, 3.63) is 93.8 Å². The van der Waals surface area contributed by atoms with Crippen molar-refractivity contribution in [1.82, 2.24) is 20.2 Å². The molecule has 0 spiro atoms. The summed E-state index contributed by atoms with van der Waals surface area (Å²) in [6.07, 6.45) is 0.825. The SMILES string of the molecule is CN1NNc2cc(F)c(CCN3C(=O)COC3c3cn(-c4ccc(Br)cc4)nc3-c3ccc(F)cc3)c(F)c21. The van der Waals surface area contributed by atoms with Gasteiger partial charge in [-0.3, -0.25) is 9.80 Å². The van der Waals surface area contributed by atoms with Gasteiger partial charge in [0.05, 0.1) is 11.4 Å². The lowest BCUT2D eigenvalue weighted by Gasteiger charge is -2.24. The van der Waals surface area contributed by atoms with E-state index in [0.717, 1.165) is 10.2 Å². The van der Waals surface area contributed by atoms with Crippen molar-refractivity contribution in [3.8, 4) is 16.9 Å². The number of benzene rings is 3. The number of nitrogens with one attached hydrogen (secondary N) is 2. The maximum Gasteiger partial charge on any atom is 0.250 e. The van der Waals surface area contributed by atoms with Crippen molar-refractivity contribution in [2.45, 2.75) is 12.6 Å². The second kappa shape index (κ2) is 10.0. The smallest absolute Gasteiger partial charge is 0.250 e. The standard InChI is InChI=1S/C27H22BrF3N6O2/c1-35-26-22(32-34-35)12-21(30)19(24(26)31)10-11-36-23(38)14-39-27(36)20-13-37(18-8-4-16(28)5-9-18)33-25(20)15-2-6-17(29)7-3-15/h2-9,12-13,27,32,34H,10-11,14H2,1H3. The molecule has 0 aliphatic carbocycles. The Morgan fingerprint density at radius 3 is 2.59 bits per heavy atom. The first-order chi connectivity index (χ1) is 18.8. The van der Waals surface area contributed by atoms with Gasteiger partial charge < -0.3 is 15.1 Å². The van der Waals surface area contributed by atoms with Crippen LogP contribution >= 0.6 is 15.9 Å². The molecule has 2 aliphatic heterocycles. The first kappa shape index (κ1) is 25.4. The number of aromatic nitrogens is 2. The van der Waals surface area contributed by atoms with Crippen LogP contribution in [0, 0.1) is 17.5 Å². The second-order valence-corrected chi connectivity index (χ2v) is 10.1. The van der Waals surface area contributed by atoms with Crippen LogP contribution in [0.25, 0.3) is 16.9 Å². The van der Waals surface area contributed by atoms with E-state index in [1.807, 2.05) is 24.3 Å². The minimum Gasteiger partial charge on any atom is -0.344 e. The number of carbonyl (C=O) groups excluding carboxylic acids is 1. The molecule has 2 aliphatic rings. The summed E-state index contributed by atoms with van der Waals surface area (Å²) in [5.74, 6) is -2.13. The Labute approximate surface area is 230 Å². The maximum atomic E-state index is 15.3. The van der Waals surface area contributed by atoms with E-state index in [9.17, 15) is 13.6 Å². The Balaban J connectivity index is 1.35. The molecule has 39 heavy (non-hydrogen) atoms. The average molecular weight is 599 g/mol. The van der Waals surface area contributed by atoms with E-state index in [1.165, 1.54) is 28.1 Å². The van der Waals surface area contributed by atoms with Gasteiger partial charge in [0.25, 0.3) is 5.91 Å². The lowest BCUT2D eigenvalue weighted by molar-refractivity contribution is -0.128. The molecule has 12 heteroatoms. The van der Waals surface area contributed by atoms with E-state index < -0.39 is 23.7 Å². The van der Waals surface area contributed by atoms with Crippen LogP contribution < -0.4 is 16.0 Å². The van der Waals surface area contributed by atoms with E-state index in [2.05, 4.69) is 26.9 Å². The number of hydrogen-bond acceptors (Lipinski definition) is 6. The first-order valence-electron chi connectivity index (χ1n) is 12.1. The summed E-state index contributed by atoms with van der Waals surface area (Å²) < 4.78 is 52.2. The van der Waals surface area contributed by atoms with Gasteiger partial charge in [0.2, 0.25) is 0 Å². The summed E-state index contributed by atoms with van der Waals surface area (Å²) in [4.78, 5) is 14.3. The number of anilines is 2. The highest BCUT2D eigenvalue weighted by Gasteiger charge is 2.37. The molecule has 0 bridgehead atoms. The summed E-state index contributed by atoms with van der Waals surface area (Å²) in [5.41, 5.74) is 8.24. The summed E-state index contributed by atoms with van der Waals surface area (Å²) >= 11 is 3.42. The molecule has 1 aromatic heterocycles. The number of amides is 1. The molecule has 2 N–H and O–H groups in total. The third-order valence-electron chi connectivity index (χ3n) is 6.77. The number of hydrazine groups is 2. The zero-order valence-corrected chi connectivity index (χ0v) is 22.2. The predicted molar refractivity (Wildman–Crippen MR) is 142 cm³/mol. The molecule has 0 saturated carbocycles. The highest BCUT2D eigenvalue weighted by Crippen LogP contribution is 2.38. The molecule has 4 aromatic rings. The van der Waals surface area contributed by atoms with E-state index in [1.54, 1.807) is 30.1 Å². The molecule has 1 unspecified atom stereocenters. The fourth-order valence-corrected chi connectivity index (χ4v) is 5.08. The molecular weight excluding hydrogens is 577 g/mol. The van der Waals surface area contributed by atoms with Gasteiger partial charge in [0, 0.05) is 47.0 Å². The molecule has 3 heterocycles. The van der Waals surface area contributed by atoms with Gasteiger partial charge in [0.15, 0.2) is 12.0 Å². The Bertz CT molecular complexity index is 1560. The number of nitrogens with zero attached hydrogens (tertiary/aromatic N) is 4. The van der Waals surface area contributed by atoms with Crippen molar-refractivity contribution >= 4 is 33.2 Å². The van der Waals surface area contributed by atoms with Crippen LogP contribution in [0.4, 0.5) is 24.5 Å². The third-order valence-corrected chi connectivity index (χ3v) is 7.30. The lowest BCUT2D eigenvalue weighted by atomic mass is 10.1. The number of ether oxygens (including phenoxy) is 1. The minimum atomic E-state index is -0.853. The molecule has 8 nitrogen and oxygen atoms in total. The monoisotopic (exact) mass is 598 g/mol. The van der Waals surface area contributed by atoms with E-state index in [0.29, 0.717) is 22.5 Å². The van der Waals surface area contributed by atoms with Gasteiger partial charge in [-0.2, -0.15) is 5.10 Å². The van der Waals surface area contributed by atoms with Crippen LogP contribution in [-0.4, -0.2) is 40.8 Å². The van der Waals surface area contributed by atoms with Gasteiger partial charge in [-0.15, -0.1) is 5.53 Å². The largest absolute Gasteiger partial charge is 0.344 e. The van der Waals surface area contributed by atoms with Gasteiger partial charge in [-0.25, -0.2) is 17.9 Å². The van der Waals surface area contributed by atoms with Crippen LogP contribution in [0.2, 0.25) is 0 Å². The Morgan fingerprint density at radius 1 is 1.10 bits per heavy atom. The zero-order chi connectivity index (χ0) is 27.3. The van der Waals surface area contributed by atoms with Gasteiger partial charge in [-0.05, 0) is 55.0 Å². The quantitative estimate of drug-likeness (QED) is 0.322. The van der Waals surface area contributed by atoms with E-state index >= 15 is 4.39 Å². The number of carbonyl (C=O) groups is 1. The van der Waals surface area contributed by atoms with Gasteiger partial charge in [0.1, 0.15) is 29.6 Å². The minimum absolute atomic E-state index is 0.00696. The molecule has 1 saturated heterocycles. The predicted octanol–water partition coefficient (Wildman–Crippen LogP) is 5.10. The maximum absolute atomic E-state index is 15.3. The second-order valence-electron chi connectivity index (χ2n) is 9.20. The molecule has 3 aromatic carbocycles. The van der Waals surface area contributed by atoms with Crippen LogP contribution in [0.5, 0.6) is 0 Å². The van der Waals surface area contributed by atoms with Gasteiger partial charge in [-0.1, -0.05) is 15.9 Å². The Morgan fingerprint density at radius 2 is 1.85 bits per heavy atom. The third kappa shape index (κ3) is 4.64. The average Bonchev–Trinajstić information content (AvgIpc) is 3.62. The highest BCUT2D eigenvalue weighted by molar-refractivity contribution is 9.10. The van der Waals surface area contributed by atoms with Crippen LogP contribution in [-0.2, 0) is 16.0 Å². The van der Waals surface area contributed by atoms with Crippen LogP contribution in [0.15, 0.2) is 65.3 Å². The van der Waals surface area contributed by atoms with Gasteiger partial charge >= 0.3 is 0 Å². The van der Waals surface area contributed by atoms with Crippen molar-refractivity contribution in [2.24, 2.45) is 0 Å². The highest BCUT2D eigenvalue weighted by atomic mass is 79.9. The lowest BCUT2D eigenvalue weighted by Crippen LogP contribution is -2.32. The molecule has 1 fully saturated rings. The first-order valence-corrected chi connectivity index (χ1v) is 12.9. The molecule has 0 radical (unpaired) electrons. The van der Waals surface area contributed by atoms with Crippen molar-refractivity contribution in [3.63, 3.8) is 0 Å². The topological polar surface area (TPSA) is 74.7 Å². The number of rotatable bonds is 6. The number of hydrogen-bond donors (Lipinski definition) is 2. The molecule has 200 valence electrons. The molecule has 1 amide bonds. The summed E-state index contributed by atoms with van der Waals surface area (Å²) in [6.45, 7) is -0.185. The Hall–Kier alpha value is -3.87. The van der Waals surface area contributed by atoms with E-state index in [4.69, 9.17) is 9.84 Å². The zero-order valence-electron chi connectivity index (χ0n) is 20.6. The fraction of sp³-hybridized carbons (Fsp3) is 0.185. The van der Waals surface area contributed by atoms with E-state index in [-0.39, 0.29) is 36.7 Å². The molecular formula is C27H22BrF3N6O2. The summed E-state index contributed by atoms with van der Waals surface area (Å²) in [6, 6.07) is 14.6. The molecule has 1 atom stereocenters. The molecule has 6 rings (SSSR count). The van der Waals surface area contributed by atoms with Crippen molar-refractivity contribution < 1.29 is 22.7 Å².